The minimum absolute atomic E-state index is 0. The maximum absolute atomic E-state index is 11.7. The second-order valence-corrected chi connectivity index (χ2v) is 12.0. The first-order valence-electron chi connectivity index (χ1n) is 13.4. The van der Waals surface area contributed by atoms with E-state index in [9.17, 15) is 14.4 Å². The molecule has 0 unspecified atom stereocenters. The van der Waals surface area contributed by atoms with Crippen LogP contribution >= 0.6 is 0 Å². The van der Waals surface area contributed by atoms with Crippen molar-refractivity contribution in [1.82, 2.24) is 10.6 Å². The molecule has 6 aliphatic rings. The van der Waals surface area contributed by atoms with Crippen LogP contribution in [0.3, 0.4) is 0 Å². The molecule has 0 radical (unpaired) electrons. The van der Waals surface area contributed by atoms with Crippen LogP contribution in [0, 0.1) is 5.41 Å². The molecule has 6 rings (SSSR count). The number of hydrogen-bond donors (Lipinski definition) is 2. The molecule has 0 saturated heterocycles. The number of carbonyl (C=O) groups is 3. The summed E-state index contributed by atoms with van der Waals surface area (Å²) in [5, 5.41) is 6.11. The number of alkyl carbamates (subject to hydrolysis) is 2. The van der Waals surface area contributed by atoms with Gasteiger partial charge in [0.2, 0.25) is 0 Å². The number of amides is 2. The van der Waals surface area contributed by atoms with Crippen LogP contribution in [0.2, 0.25) is 0 Å². The molecule has 3 N–H and O–H groups in total. The molecule has 0 aromatic carbocycles. The minimum atomic E-state index is -0.337. The van der Waals surface area contributed by atoms with E-state index in [0.717, 1.165) is 57.8 Å². The zero-order valence-corrected chi connectivity index (χ0v) is 24.4. The van der Waals surface area contributed by atoms with Crippen LogP contribution in [-0.2, 0) is 28.6 Å². The fraction of sp³-hybridized carbons (Fsp3) is 0.852. The van der Waals surface area contributed by atoms with Gasteiger partial charge in [0, 0.05) is 11.1 Å². The van der Waals surface area contributed by atoms with Gasteiger partial charge in [-0.2, -0.15) is 9.59 Å². The summed E-state index contributed by atoms with van der Waals surface area (Å²) in [6.07, 6.45) is 11.7. The fourth-order valence-corrected chi connectivity index (χ4v) is 6.10. The molecule has 0 aromatic heterocycles. The summed E-state index contributed by atoms with van der Waals surface area (Å²) in [7, 11) is 0. The van der Waals surface area contributed by atoms with Crippen LogP contribution in [0.25, 0.3) is 0 Å². The molecule has 11 nitrogen and oxygen atoms in total. The Labute approximate surface area is 243 Å². The third kappa shape index (κ3) is 10.8. The van der Waals surface area contributed by atoms with Gasteiger partial charge in [-0.05, 0) is 110 Å². The summed E-state index contributed by atoms with van der Waals surface area (Å²) in [6, 6.07) is 0. The van der Waals surface area contributed by atoms with E-state index in [1.54, 1.807) is 0 Å². The van der Waals surface area contributed by atoms with Crippen molar-refractivity contribution in [3.05, 3.63) is 0 Å². The van der Waals surface area contributed by atoms with Gasteiger partial charge >= 0.3 is 37.2 Å². The SMILES string of the molecule is CC(C)OC(=O)NC12CCC(C)(CC1)CC2.CC(C)OC(=O)NC12CCC(OC=O)(CC1)CC2.O=C=O.[Li+].[OH-]. The third-order valence-electron chi connectivity index (χ3n) is 8.52. The first-order chi connectivity index (χ1) is 17.3. The van der Waals surface area contributed by atoms with Crippen LogP contribution < -0.4 is 29.5 Å². The van der Waals surface area contributed by atoms with E-state index in [4.69, 9.17) is 23.8 Å². The molecule has 0 atom stereocenters. The van der Waals surface area contributed by atoms with Crippen LogP contribution in [0.15, 0.2) is 0 Å². The first kappa shape index (κ1) is 36.9. The maximum atomic E-state index is 11.7. The Hall–Kier alpha value is -2.05. The normalized spacial score (nSPS) is 31.4. The first-order valence-corrected chi connectivity index (χ1v) is 13.4. The quantitative estimate of drug-likeness (QED) is 0.285. The Bertz CT molecular complexity index is 794. The Morgan fingerprint density at radius 1 is 0.718 bits per heavy atom. The van der Waals surface area contributed by atoms with Gasteiger partial charge in [-0.3, -0.25) is 4.79 Å². The van der Waals surface area contributed by atoms with E-state index in [-0.39, 0.29) is 71.6 Å². The number of ether oxygens (including phenoxy) is 3. The molecule has 0 spiro atoms. The van der Waals surface area contributed by atoms with E-state index >= 15 is 0 Å². The number of hydrogen-bond acceptors (Lipinski definition) is 9. The second kappa shape index (κ2) is 15.7. The molecule has 6 saturated carbocycles. The zero-order chi connectivity index (χ0) is 27.7. The van der Waals surface area contributed by atoms with Gasteiger partial charge in [-0.1, -0.05) is 6.92 Å². The second-order valence-electron chi connectivity index (χ2n) is 12.0. The van der Waals surface area contributed by atoms with Crippen molar-refractivity contribution in [3.8, 4) is 0 Å². The standard InChI is InChI=1S/C13H21NO4.C13H23NO2.CO2.Li.H2O/c1-10(2)18-11(16)14-12-3-6-13(7-4-12,8-5-12)17-9-15;1-10(2)16-11(15)14-13-7-4-12(3,5-8-13)6-9-13;2-1-3;;/h9-10H,3-8H2,1-2H3,(H,14,16);10H,4-9H2,1-3H3,(H,14,15);;;1H2/q;;;+1;/p-1. The molecule has 4 bridgehead atoms. The Balaban J connectivity index is 0.000000646. The molecule has 0 aromatic rings. The van der Waals surface area contributed by atoms with Crippen LogP contribution in [0.5, 0.6) is 0 Å². The smallest absolute Gasteiger partial charge is 0.870 e. The van der Waals surface area contributed by atoms with E-state index in [2.05, 4.69) is 17.6 Å². The van der Waals surface area contributed by atoms with Gasteiger partial charge in [0.05, 0.1) is 12.2 Å². The van der Waals surface area contributed by atoms with Crippen molar-refractivity contribution < 1.29 is 62.5 Å². The zero-order valence-electron chi connectivity index (χ0n) is 24.4. The van der Waals surface area contributed by atoms with E-state index in [1.807, 2.05) is 27.7 Å². The molecule has 6 fully saturated rings. The molecular formula is C27H45LiN2O9. The topological polar surface area (TPSA) is 167 Å². The summed E-state index contributed by atoms with van der Waals surface area (Å²) >= 11 is 0. The third-order valence-corrected chi connectivity index (χ3v) is 8.52. The number of nitrogens with one attached hydrogen (secondary N) is 2. The van der Waals surface area contributed by atoms with Crippen molar-refractivity contribution in [1.29, 1.82) is 0 Å². The largest absolute Gasteiger partial charge is 1.00 e. The summed E-state index contributed by atoms with van der Waals surface area (Å²) in [5.74, 6) is 0. The van der Waals surface area contributed by atoms with Gasteiger partial charge in [0.1, 0.15) is 5.60 Å². The van der Waals surface area contributed by atoms with Gasteiger partial charge in [0.15, 0.2) is 0 Å². The molecule has 6 aliphatic carbocycles. The van der Waals surface area contributed by atoms with Crippen molar-refractivity contribution in [2.45, 2.75) is 141 Å². The summed E-state index contributed by atoms with van der Waals surface area (Å²) in [6.45, 7) is 10.4. The molecule has 218 valence electrons. The number of carbonyl (C=O) groups excluding carboxylic acids is 5. The van der Waals surface area contributed by atoms with E-state index in [1.165, 1.54) is 19.3 Å². The molecule has 12 heteroatoms. The fourth-order valence-electron chi connectivity index (χ4n) is 6.10. The molecule has 0 aliphatic heterocycles. The van der Waals surface area contributed by atoms with Gasteiger partial charge < -0.3 is 30.3 Å². The average molecular weight is 549 g/mol. The van der Waals surface area contributed by atoms with E-state index in [0.29, 0.717) is 11.9 Å². The van der Waals surface area contributed by atoms with E-state index < -0.39 is 0 Å². The van der Waals surface area contributed by atoms with Gasteiger partial charge in [0.25, 0.3) is 6.47 Å². The Morgan fingerprint density at radius 3 is 1.31 bits per heavy atom. The average Bonchev–Trinajstić information content (AvgIpc) is 2.81. The molecular weight excluding hydrogens is 503 g/mol. The summed E-state index contributed by atoms with van der Waals surface area (Å²) < 4.78 is 15.6. The Morgan fingerprint density at radius 2 is 1.03 bits per heavy atom. The monoisotopic (exact) mass is 548 g/mol. The van der Waals surface area contributed by atoms with Crippen molar-refractivity contribution in [3.63, 3.8) is 0 Å². The molecule has 2 amide bonds. The van der Waals surface area contributed by atoms with Crippen LogP contribution in [0.1, 0.15) is 112 Å². The number of rotatable bonds is 6. The Kier molecular flexibility index (Phi) is 14.8. The van der Waals surface area contributed by atoms with Crippen molar-refractivity contribution >= 4 is 24.8 Å². The molecule has 0 heterocycles. The minimum Gasteiger partial charge on any atom is -0.870 e. The number of fused-ring (bicyclic) bond motifs is 6. The van der Waals surface area contributed by atoms with Crippen molar-refractivity contribution in [2.75, 3.05) is 0 Å². The summed E-state index contributed by atoms with van der Waals surface area (Å²) in [5.41, 5.74) is 0.169. The van der Waals surface area contributed by atoms with Crippen LogP contribution in [0.4, 0.5) is 9.59 Å². The predicted octanol–water partition coefficient (Wildman–Crippen LogP) is 1.62. The molecule has 39 heavy (non-hydrogen) atoms. The van der Waals surface area contributed by atoms with Gasteiger partial charge in [-0.15, -0.1) is 0 Å². The van der Waals surface area contributed by atoms with Crippen LogP contribution in [-0.4, -0.2) is 59.2 Å². The van der Waals surface area contributed by atoms with Crippen molar-refractivity contribution in [2.24, 2.45) is 5.41 Å². The predicted molar refractivity (Wildman–Crippen MR) is 135 cm³/mol. The summed E-state index contributed by atoms with van der Waals surface area (Å²) in [4.78, 5) is 50.1. The van der Waals surface area contributed by atoms with Gasteiger partial charge in [-0.25, -0.2) is 9.59 Å². The maximum Gasteiger partial charge on any atom is 1.00 e.